The number of rotatable bonds is 3. The number of amides is 2. The van der Waals surface area contributed by atoms with Crippen molar-refractivity contribution in [2.24, 2.45) is 5.73 Å². The van der Waals surface area contributed by atoms with Gasteiger partial charge in [0.25, 0.3) is 5.91 Å². The summed E-state index contributed by atoms with van der Waals surface area (Å²) in [4.78, 5) is 29.3. The van der Waals surface area contributed by atoms with Crippen LogP contribution in [-0.2, 0) is 4.79 Å². The van der Waals surface area contributed by atoms with Gasteiger partial charge in [-0.3, -0.25) is 14.6 Å². The lowest BCUT2D eigenvalue weighted by Gasteiger charge is -2.30. The number of nitrogens with one attached hydrogen (secondary N) is 1. The maximum Gasteiger partial charge on any atom is 0.270 e. The minimum atomic E-state index is -0.257. The molecule has 1 atom stereocenters. The summed E-state index contributed by atoms with van der Waals surface area (Å²) in [5.74, 6) is -0.151. The molecule has 1 fully saturated rings. The summed E-state index contributed by atoms with van der Waals surface area (Å²) in [5.41, 5.74) is 6.41. The molecule has 0 aliphatic carbocycles. The van der Waals surface area contributed by atoms with Crippen molar-refractivity contribution >= 4 is 29.0 Å². The molecule has 1 saturated heterocycles. The quantitative estimate of drug-likeness (QED) is 0.770. The summed E-state index contributed by atoms with van der Waals surface area (Å²) in [6.45, 7) is 0.523. The van der Waals surface area contributed by atoms with Crippen molar-refractivity contribution in [2.75, 3.05) is 13.6 Å². The lowest BCUT2D eigenvalue weighted by molar-refractivity contribution is -0.132. The summed E-state index contributed by atoms with van der Waals surface area (Å²) >= 11 is 4.83. The molecule has 0 spiro atoms. The van der Waals surface area contributed by atoms with Crippen molar-refractivity contribution in [3.8, 4) is 0 Å². The molecule has 3 N–H and O–H groups in total. The number of likely N-dealkylation sites (N-methyl/N-ethyl adjacent to an activating group) is 1. The van der Waals surface area contributed by atoms with Crippen LogP contribution in [0.4, 0.5) is 0 Å². The summed E-state index contributed by atoms with van der Waals surface area (Å²) in [5, 5.41) is 2.88. The van der Waals surface area contributed by atoms with Crippen molar-refractivity contribution in [1.29, 1.82) is 0 Å². The minimum absolute atomic E-state index is 0.0396. The molecule has 1 aliphatic heterocycles. The van der Waals surface area contributed by atoms with E-state index in [1.165, 1.54) is 6.20 Å². The van der Waals surface area contributed by atoms with E-state index in [1.807, 2.05) is 0 Å². The SMILES string of the molecule is CN1CC(NC(=O)c2ccc(C(N)=S)cn2)CCC1=O. The minimum Gasteiger partial charge on any atom is -0.389 e. The first-order valence-electron chi connectivity index (χ1n) is 6.28. The smallest absolute Gasteiger partial charge is 0.270 e. The molecule has 2 heterocycles. The fourth-order valence-electron chi connectivity index (χ4n) is 2.06. The van der Waals surface area contributed by atoms with Crippen LogP contribution in [0.15, 0.2) is 18.3 Å². The van der Waals surface area contributed by atoms with E-state index < -0.39 is 0 Å². The number of nitrogens with zero attached hydrogens (tertiary/aromatic N) is 2. The first kappa shape index (κ1) is 14.4. The standard InChI is InChI=1S/C13H16N4O2S/c1-17-7-9(3-5-11(17)18)16-13(19)10-4-2-8(6-15-10)12(14)20/h2,4,6,9H,3,5,7H2,1H3,(H2,14,20)(H,16,19). The Balaban J connectivity index is 1.98. The van der Waals surface area contributed by atoms with Crippen molar-refractivity contribution in [1.82, 2.24) is 15.2 Å². The Morgan fingerprint density at radius 1 is 1.55 bits per heavy atom. The molecule has 106 valence electrons. The van der Waals surface area contributed by atoms with Gasteiger partial charge in [-0.05, 0) is 18.6 Å². The highest BCUT2D eigenvalue weighted by Gasteiger charge is 2.24. The number of pyridine rings is 1. The maximum atomic E-state index is 12.0. The van der Waals surface area contributed by atoms with Gasteiger partial charge in [0.05, 0.1) is 0 Å². The van der Waals surface area contributed by atoms with E-state index in [-0.39, 0.29) is 22.8 Å². The molecular weight excluding hydrogens is 276 g/mol. The van der Waals surface area contributed by atoms with Gasteiger partial charge in [0.1, 0.15) is 10.7 Å². The van der Waals surface area contributed by atoms with Crippen LogP contribution in [0, 0.1) is 0 Å². The number of carbonyl (C=O) groups excluding carboxylic acids is 2. The lowest BCUT2D eigenvalue weighted by Crippen LogP contribution is -2.48. The third-order valence-electron chi connectivity index (χ3n) is 3.24. The van der Waals surface area contributed by atoms with Gasteiger partial charge in [0.2, 0.25) is 5.91 Å². The first-order chi connectivity index (χ1) is 9.47. The predicted molar refractivity (Wildman–Crippen MR) is 78.2 cm³/mol. The van der Waals surface area contributed by atoms with Crippen LogP contribution in [0.25, 0.3) is 0 Å². The first-order valence-corrected chi connectivity index (χ1v) is 6.69. The zero-order chi connectivity index (χ0) is 14.7. The van der Waals surface area contributed by atoms with Gasteiger partial charge >= 0.3 is 0 Å². The number of nitrogens with two attached hydrogens (primary N) is 1. The van der Waals surface area contributed by atoms with Crippen LogP contribution in [0.1, 0.15) is 28.9 Å². The van der Waals surface area contributed by atoms with Gasteiger partial charge in [0, 0.05) is 37.8 Å². The second kappa shape index (κ2) is 5.96. The zero-order valence-corrected chi connectivity index (χ0v) is 11.9. The Kier molecular flexibility index (Phi) is 4.29. The van der Waals surface area contributed by atoms with Gasteiger partial charge in [-0.15, -0.1) is 0 Å². The summed E-state index contributed by atoms with van der Waals surface area (Å²) in [7, 11) is 1.73. The molecule has 7 heteroatoms. The second-order valence-electron chi connectivity index (χ2n) is 4.78. The van der Waals surface area contributed by atoms with E-state index in [0.717, 1.165) is 0 Å². The van der Waals surface area contributed by atoms with Crippen LogP contribution in [-0.4, -0.2) is 46.3 Å². The van der Waals surface area contributed by atoms with Gasteiger partial charge in [-0.2, -0.15) is 0 Å². The van der Waals surface area contributed by atoms with Gasteiger partial charge in [-0.1, -0.05) is 12.2 Å². The van der Waals surface area contributed by atoms with Crippen LogP contribution in [0.2, 0.25) is 0 Å². The Labute approximate surface area is 122 Å². The molecule has 0 aromatic carbocycles. The molecule has 1 aromatic rings. The van der Waals surface area contributed by atoms with E-state index >= 15 is 0 Å². The monoisotopic (exact) mass is 292 g/mol. The Morgan fingerprint density at radius 2 is 2.30 bits per heavy atom. The third kappa shape index (κ3) is 3.30. The molecule has 6 nitrogen and oxygen atoms in total. The van der Waals surface area contributed by atoms with E-state index in [4.69, 9.17) is 18.0 Å². The zero-order valence-electron chi connectivity index (χ0n) is 11.1. The summed E-state index contributed by atoms with van der Waals surface area (Å²) in [6, 6.07) is 3.21. The van der Waals surface area contributed by atoms with Crippen molar-refractivity contribution in [3.05, 3.63) is 29.6 Å². The Bertz CT molecular complexity index is 544. The van der Waals surface area contributed by atoms with Crippen LogP contribution < -0.4 is 11.1 Å². The van der Waals surface area contributed by atoms with Crippen LogP contribution in [0.3, 0.4) is 0 Å². The van der Waals surface area contributed by atoms with Crippen LogP contribution in [0.5, 0.6) is 0 Å². The fourth-order valence-corrected chi connectivity index (χ4v) is 2.18. The van der Waals surface area contributed by atoms with E-state index in [0.29, 0.717) is 30.6 Å². The molecule has 20 heavy (non-hydrogen) atoms. The van der Waals surface area contributed by atoms with Gasteiger partial charge in [-0.25, -0.2) is 0 Å². The molecule has 1 unspecified atom stereocenters. The largest absolute Gasteiger partial charge is 0.389 e. The number of carbonyl (C=O) groups is 2. The number of aromatic nitrogens is 1. The molecule has 1 aliphatic rings. The molecular formula is C13H16N4O2S. The predicted octanol–water partition coefficient (Wildman–Crippen LogP) is 0.0664. The van der Waals surface area contributed by atoms with Gasteiger partial charge < -0.3 is 16.0 Å². The molecule has 2 rings (SSSR count). The molecule has 0 saturated carbocycles. The van der Waals surface area contributed by atoms with Crippen molar-refractivity contribution in [3.63, 3.8) is 0 Å². The van der Waals surface area contributed by atoms with E-state index in [9.17, 15) is 9.59 Å². The molecule has 0 radical (unpaired) electrons. The number of likely N-dealkylation sites (tertiary alicyclic amines) is 1. The Morgan fingerprint density at radius 3 is 2.85 bits per heavy atom. The van der Waals surface area contributed by atoms with E-state index in [2.05, 4.69) is 10.3 Å². The third-order valence-corrected chi connectivity index (χ3v) is 3.48. The average molecular weight is 292 g/mol. The number of hydrogen-bond donors (Lipinski definition) is 2. The van der Waals surface area contributed by atoms with Crippen LogP contribution >= 0.6 is 12.2 Å². The van der Waals surface area contributed by atoms with Crippen molar-refractivity contribution < 1.29 is 9.59 Å². The Hall–Kier alpha value is -2.02. The number of thiocarbonyl (C=S) groups is 1. The molecule has 0 bridgehead atoms. The number of hydrogen-bond acceptors (Lipinski definition) is 4. The normalized spacial score (nSPS) is 18.8. The highest BCUT2D eigenvalue weighted by atomic mass is 32.1. The fraction of sp³-hybridized carbons (Fsp3) is 0.385. The van der Waals surface area contributed by atoms with Crippen molar-refractivity contribution in [2.45, 2.75) is 18.9 Å². The summed E-state index contributed by atoms with van der Waals surface area (Å²) < 4.78 is 0. The summed E-state index contributed by atoms with van der Waals surface area (Å²) in [6.07, 6.45) is 2.59. The highest BCUT2D eigenvalue weighted by molar-refractivity contribution is 7.80. The molecule has 1 aromatic heterocycles. The van der Waals surface area contributed by atoms with E-state index in [1.54, 1.807) is 24.1 Å². The van der Waals surface area contributed by atoms with Gasteiger partial charge in [0.15, 0.2) is 0 Å². The molecule has 2 amide bonds. The highest BCUT2D eigenvalue weighted by Crippen LogP contribution is 2.10. The lowest BCUT2D eigenvalue weighted by atomic mass is 10.1. The number of piperidine rings is 1. The maximum absolute atomic E-state index is 12.0. The topological polar surface area (TPSA) is 88.3 Å². The second-order valence-corrected chi connectivity index (χ2v) is 5.22. The average Bonchev–Trinajstić information content (AvgIpc) is 2.43.